The highest BCUT2D eigenvalue weighted by Crippen LogP contribution is 2.26. The van der Waals surface area contributed by atoms with Gasteiger partial charge in [0.15, 0.2) is 0 Å². The monoisotopic (exact) mass is 360 g/mol. The van der Waals surface area contributed by atoms with E-state index in [0.29, 0.717) is 6.04 Å². The van der Waals surface area contributed by atoms with Gasteiger partial charge in [0.25, 0.3) is 0 Å². The number of aryl methyl sites for hydroxylation is 1. The number of halogens is 1. The topological polar surface area (TPSA) is 38.0 Å². The maximum atomic E-state index is 5.71. The van der Waals surface area contributed by atoms with Gasteiger partial charge in [0.05, 0.1) is 0 Å². The molecular weight excluding hydrogens is 335 g/mol. The molecule has 1 unspecified atom stereocenters. The van der Waals surface area contributed by atoms with Crippen molar-refractivity contribution in [3.8, 4) is 0 Å². The number of hydrogen-bond donors (Lipinski definition) is 2. The molecule has 0 amide bonds. The van der Waals surface area contributed by atoms with Crippen LogP contribution in [0.3, 0.4) is 0 Å². The van der Waals surface area contributed by atoms with Crippen LogP contribution in [0.4, 0.5) is 0 Å². The third-order valence-electron chi connectivity index (χ3n) is 3.39. The van der Waals surface area contributed by atoms with Crippen molar-refractivity contribution >= 4 is 22.6 Å². The molecule has 2 nitrogen and oxygen atoms in total. The molecule has 0 spiro atoms. The van der Waals surface area contributed by atoms with Crippen LogP contribution >= 0.6 is 22.6 Å². The minimum atomic E-state index is 0.290. The molecule has 0 bridgehead atoms. The Morgan fingerprint density at radius 3 is 2.61 bits per heavy atom. The van der Waals surface area contributed by atoms with E-state index in [0.717, 1.165) is 6.42 Å². The number of benzene rings is 1. The summed E-state index contributed by atoms with van der Waals surface area (Å²) >= 11 is 2.42. The van der Waals surface area contributed by atoms with E-state index < -0.39 is 0 Å². The predicted molar refractivity (Wildman–Crippen MR) is 87.3 cm³/mol. The third-order valence-corrected chi connectivity index (χ3v) is 4.87. The molecule has 0 aliphatic carbocycles. The first kappa shape index (κ1) is 15.9. The molecule has 3 N–H and O–H groups in total. The van der Waals surface area contributed by atoms with Gasteiger partial charge >= 0.3 is 0 Å². The molecule has 3 heteroatoms. The Morgan fingerprint density at radius 1 is 1.22 bits per heavy atom. The summed E-state index contributed by atoms with van der Waals surface area (Å²) in [5.74, 6) is 5.71. The quantitative estimate of drug-likeness (QED) is 0.311. The molecule has 1 rings (SSSR count). The van der Waals surface area contributed by atoms with Crippen LogP contribution in [0, 0.1) is 10.5 Å². The fraction of sp³-hybridized carbons (Fsp3) is 0.600. The lowest BCUT2D eigenvalue weighted by molar-refractivity contribution is 0.477. The van der Waals surface area contributed by atoms with Crippen molar-refractivity contribution in [2.75, 3.05) is 0 Å². The number of hydrazine groups is 1. The van der Waals surface area contributed by atoms with Gasteiger partial charge in [-0.25, -0.2) is 0 Å². The SMILES string of the molecule is CCCCCCCC(NN)c1cccc(C)c1I. The molecule has 0 aliphatic rings. The number of hydrogen-bond acceptors (Lipinski definition) is 2. The second-order valence-electron chi connectivity index (χ2n) is 4.90. The van der Waals surface area contributed by atoms with Crippen LogP contribution < -0.4 is 11.3 Å². The highest BCUT2D eigenvalue weighted by Gasteiger charge is 2.13. The molecule has 0 aromatic heterocycles. The molecule has 0 radical (unpaired) electrons. The van der Waals surface area contributed by atoms with Crippen LogP contribution in [0.1, 0.15) is 62.6 Å². The summed E-state index contributed by atoms with van der Waals surface area (Å²) in [6, 6.07) is 6.75. The van der Waals surface area contributed by atoms with E-state index >= 15 is 0 Å². The normalized spacial score (nSPS) is 12.7. The first-order valence-corrected chi connectivity index (χ1v) is 7.99. The van der Waals surface area contributed by atoms with Crippen LogP contribution in [-0.4, -0.2) is 0 Å². The van der Waals surface area contributed by atoms with E-state index in [2.05, 4.69) is 60.1 Å². The Bertz CT molecular complexity index is 352. The highest BCUT2D eigenvalue weighted by atomic mass is 127. The number of rotatable bonds is 8. The number of unbranched alkanes of at least 4 members (excludes halogenated alkanes) is 4. The van der Waals surface area contributed by atoms with Gasteiger partial charge in [0, 0.05) is 9.61 Å². The molecular formula is C15H25IN2. The second-order valence-corrected chi connectivity index (χ2v) is 5.98. The van der Waals surface area contributed by atoms with Crippen molar-refractivity contribution in [2.24, 2.45) is 5.84 Å². The molecule has 0 fully saturated rings. The highest BCUT2D eigenvalue weighted by molar-refractivity contribution is 14.1. The van der Waals surface area contributed by atoms with E-state index in [1.165, 1.54) is 46.8 Å². The summed E-state index contributed by atoms with van der Waals surface area (Å²) in [5, 5.41) is 0. The van der Waals surface area contributed by atoms with Gasteiger partial charge in [0.2, 0.25) is 0 Å². The van der Waals surface area contributed by atoms with Crippen molar-refractivity contribution < 1.29 is 0 Å². The van der Waals surface area contributed by atoms with Crippen LogP contribution in [0.25, 0.3) is 0 Å². The Labute approximate surface area is 125 Å². The van der Waals surface area contributed by atoms with Gasteiger partial charge in [-0.2, -0.15) is 0 Å². The minimum Gasteiger partial charge on any atom is -0.271 e. The van der Waals surface area contributed by atoms with Crippen molar-refractivity contribution in [3.63, 3.8) is 0 Å². The van der Waals surface area contributed by atoms with Crippen molar-refractivity contribution in [2.45, 2.75) is 58.4 Å². The first-order chi connectivity index (χ1) is 8.70. The van der Waals surface area contributed by atoms with Crippen molar-refractivity contribution in [3.05, 3.63) is 32.9 Å². The van der Waals surface area contributed by atoms with Crippen LogP contribution in [0.5, 0.6) is 0 Å². The van der Waals surface area contributed by atoms with E-state index in [9.17, 15) is 0 Å². The van der Waals surface area contributed by atoms with Crippen LogP contribution in [-0.2, 0) is 0 Å². The zero-order valence-corrected chi connectivity index (χ0v) is 13.7. The van der Waals surface area contributed by atoms with Crippen molar-refractivity contribution in [1.29, 1.82) is 0 Å². The van der Waals surface area contributed by atoms with Gasteiger partial charge in [0.1, 0.15) is 0 Å². The van der Waals surface area contributed by atoms with Gasteiger partial charge < -0.3 is 0 Å². The third kappa shape index (κ3) is 4.86. The maximum absolute atomic E-state index is 5.71. The van der Waals surface area contributed by atoms with Crippen LogP contribution in [0.15, 0.2) is 18.2 Å². The summed E-state index contributed by atoms with van der Waals surface area (Å²) in [4.78, 5) is 0. The second kappa shape index (κ2) is 8.88. The Kier molecular flexibility index (Phi) is 7.86. The minimum absolute atomic E-state index is 0.290. The van der Waals surface area contributed by atoms with Gasteiger partial charge in [-0.15, -0.1) is 0 Å². The number of nitrogens with two attached hydrogens (primary N) is 1. The molecule has 0 saturated carbocycles. The van der Waals surface area contributed by atoms with Gasteiger partial charge in [-0.3, -0.25) is 11.3 Å². The van der Waals surface area contributed by atoms with E-state index in [-0.39, 0.29) is 0 Å². The Morgan fingerprint density at radius 2 is 1.94 bits per heavy atom. The average molecular weight is 360 g/mol. The fourth-order valence-electron chi connectivity index (χ4n) is 2.22. The molecule has 0 aliphatic heterocycles. The molecule has 18 heavy (non-hydrogen) atoms. The fourth-order valence-corrected chi connectivity index (χ4v) is 2.96. The summed E-state index contributed by atoms with van der Waals surface area (Å²) in [7, 11) is 0. The Hall–Kier alpha value is -0.130. The van der Waals surface area contributed by atoms with Gasteiger partial charge in [-0.05, 0) is 47.1 Å². The summed E-state index contributed by atoms with van der Waals surface area (Å²) in [5.41, 5.74) is 5.65. The van der Waals surface area contributed by atoms with E-state index in [4.69, 9.17) is 5.84 Å². The maximum Gasteiger partial charge on any atom is 0.0470 e. The zero-order chi connectivity index (χ0) is 13.4. The van der Waals surface area contributed by atoms with Crippen molar-refractivity contribution in [1.82, 2.24) is 5.43 Å². The molecule has 1 aromatic rings. The molecule has 1 aromatic carbocycles. The lowest BCUT2D eigenvalue weighted by Gasteiger charge is -2.18. The standard InChI is InChI=1S/C15H25IN2/c1-3-4-5-6-7-11-14(18-17)13-10-8-9-12(2)15(13)16/h8-10,14,18H,3-7,11,17H2,1-2H3. The summed E-state index contributed by atoms with van der Waals surface area (Å²) in [6.07, 6.45) is 7.68. The average Bonchev–Trinajstić information content (AvgIpc) is 2.38. The zero-order valence-electron chi connectivity index (χ0n) is 11.5. The van der Waals surface area contributed by atoms with E-state index in [1.807, 2.05) is 0 Å². The molecule has 0 heterocycles. The molecule has 1 atom stereocenters. The first-order valence-electron chi connectivity index (χ1n) is 6.91. The smallest absolute Gasteiger partial charge is 0.0470 e. The largest absolute Gasteiger partial charge is 0.271 e. The van der Waals surface area contributed by atoms with Gasteiger partial charge in [-0.1, -0.05) is 57.2 Å². The molecule has 0 saturated heterocycles. The lowest BCUT2D eigenvalue weighted by atomic mass is 9.99. The Balaban J connectivity index is 2.52. The number of nitrogens with one attached hydrogen (secondary N) is 1. The van der Waals surface area contributed by atoms with Crippen LogP contribution in [0.2, 0.25) is 0 Å². The summed E-state index contributed by atoms with van der Waals surface area (Å²) < 4.78 is 1.34. The van der Waals surface area contributed by atoms with E-state index in [1.54, 1.807) is 0 Å². The molecule has 102 valence electrons. The summed E-state index contributed by atoms with van der Waals surface area (Å²) in [6.45, 7) is 4.40. The lowest BCUT2D eigenvalue weighted by Crippen LogP contribution is -2.28. The predicted octanol–water partition coefficient (Wildman–Crippen LogP) is 4.46.